The SMILES string of the molecule is CC(C)N(C)c1ccc(CNC2CC2)c(Cl)c1. The van der Waals surface area contributed by atoms with Crippen molar-refractivity contribution in [3.05, 3.63) is 28.8 Å². The monoisotopic (exact) mass is 252 g/mol. The fraction of sp³-hybridized carbons (Fsp3) is 0.571. The first kappa shape index (κ1) is 12.7. The topological polar surface area (TPSA) is 15.3 Å². The first-order valence-electron chi connectivity index (χ1n) is 6.32. The molecule has 3 heteroatoms. The van der Waals surface area contributed by atoms with Crippen LogP contribution in [0.5, 0.6) is 0 Å². The van der Waals surface area contributed by atoms with Crippen molar-refractivity contribution in [1.82, 2.24) is 5.32 Å². The first-order valence-corrected chi connectivity index (χ1v) is 6.70. The summed E-state index contributed by atoms with van der Waals surface area (Å²) in [6.45, 7) is 5.24. The molecular formula is C14H21ClN2. The summed E-state index contributed by atoms with van der Waals surface area (Å²) in [6, 6.07) is 7.55. The zero-order valence-corrected chi connectivity index (χ0v) is 11.6. The molecule has 0 aliphatic heterocycles. The van der Waals surface area contributed by atoms with Gasteiger partial charge in [-0.1, -0.05) is 17.7 Å². The summed E-state index contributed by atoms with van der Waals surface area (Å²) >= 11 is 6.32. The van der Waals surface area contributed by atoms with Gasteiger partial charge in [-0.2, -0.15) is 0 Å². The minimum absolute atomic E-state index is 0.488. The van der Waals surface area contributed by atoms with Gasteiger partial charge in [-0.05, 0) is 44.4 Å². The van der Waals surface area contributed by atoms with Crippen LogP contribution in [0.25, 0.3) is 0 Å². The molecule has 1 N–H and O–H groups in total. The Bertz CT molecular complexity index is 386. The van der Waals surface area contributed by atoms with Crippen molar-refractivity contribution in [1.29, 1.82) is 0 Å². The van der Waals surface area contributed by atoms with Crippen LogP contribution in [-0.2, 0) is 6.54 Å². The molecule has 0 unspecified atom stereocenters. The highest BCUT2D eigenvalue weighted by atomic mass is 35.5. The Morgan fingerprint density at radius 3 is 2.65 bits per heavy atom. The van der Waals surface area contributed by atoms with Crippen molar-refractivity contribution in [3.63, 3.8) is 0 Å². The molecule has 0 saturated heterocycles. The molecule has 0 spiro atoms. The second kappa shape index (κ2) is 5.28. The average molecular weight is 253 g/mol. The minimum Gasteiger partial charge on any atom is -0.372 e. The highest BCUT2D eigenvalue weighted by molar-refractivity contribution is 6.31. The van der Waals surface area contributed by atoms with E-state index in [2.05, 4.69) is 49.3 Å². The van der Waals surface area contributed by atoms with Gasteiger partial charge in [0.15, 0.2) is 0 Å². The molecule has 1 fully saturated rings. The van der Waals surface area contributed by atoms with Crippen molar-refractivity contribution in [2.45, 2.75) is 45.3 Å². The third-order valence-corrected chi connectivity index (χ3v) is 3.73. The van der Waals surface area contributed by atoms with Gasteiger partial charge in [0.25, 0.3) is 0 Å². The van der Waals surface area contributed by atoms with Crippen molar-refractivity contribution < 1.29 is 0 Å². The lowest BCUT2D eigenvalue weighted by molar-refractivity contribution is 0.687. The van der Waals surface area contributed by atoms with E-state index in [0.717, 1.165) is 17.6 Å². The van der Waals surface area contributed by atoms with E-state index in [1.807, 2.05) is 0 Å². The largest absolute Gasteiger partial charge is 0.372 e. The number of rotatable bonds is 5. The van der Waals surface area contributed by atoms with E-state index in [4.69, 9.17) is 11.6 Å². The third kappa shape index (κ3) is 3.36. The van der Waals surface area contributed by atoms with Gasteiger partial charge in [-0.15, -0.1) is 0 Å². The van der Waals surface area contributed by atoms with E-state index >= 15 is 0 Å². The molecule has 17 heavy (non-hydrogen) atoms. The lowest BCUT2D eigenvalue weighted by atomic mass is 10.1. The van der Waals surface area contributed by atoms with Gasteiger partial charge in [0.2, 0.25) is 0 Å². The molecule has 0 radical (unpaired) electrons. The maximum Gasteiger partial charge on any atom is 0.0471 e. The van der Waals surface area contributed by atoms with E-state index in [1.54, 1.807) is 0 Å². The number of anilines is 1. The summed E-state index contributed by atoms with van der Waals surface area (Å²) in [5, 5.41) is 4.35. The van der Waals surface area contributed by atoms with Gasteiger partial charge in [-0.3, -0.25) is 0 Å². The summed E-state index contributed by atoms with van der Waals surface area (Å²) in [5.41, 5.74) is 2.37. The fourth-order valence-corrected chi connectivity index (χ4v) is 1.98. The van der Waals surface area contributed by atoms with Crippen molar-refractivity contribution in [3.8, 4) is 0 Å². The lowest BCUT2D eigenvalue weighted by Gasteiger charge is -2.24. The van der Waals surface area contributed by atoms with E-state index in [0.29, 0.717) is 6.04 Å². The minimum atomic E-state index is 0.488. The summed E-state index contributed by atoms with van der Waals surface area (Å²) in [5.74, 6) is 0. The summed E-state index contributed by atoms with van der Waals surface area (Å²) in [6.07, 6.45) is 2.62. The number of hydrogen-bond donors (Lipinski definition) is 1. The predicted molar refractivity (Wildman–Crippen MR) is 74.9 cm³/mol. The summed E-state index contributed by atoms with van der Waals surface area (Å²) < 4.78 is 0. The second-order valence-corrected chi connectivity index (χ2v) is 5.54. The van der Waals surface area contributed by atoms with E-state index in [9.17, 15) is 0 Å². The van der Waals surface area contributed by atoms with Crippen LogP contribution < -0.4 is 10.2 Å². The second-order valence-electron chi connectivity index (χ2n) is 5.14. The number of halogens is 1. The van der Waals surface area contributed by atoms with Gasteiger partial charge in [0.1, 0.15) is 0 Å². The van der Waals surface area contributed by atoms with Crippen LogP contribution in [0.1, 0.15) is 32.3 Å². The Hall–Kier alpha value is -0.730. The average Bonchev–Trinajstić information content (AvgIpc) is 3.10. The number of hydrogen-bond acceptors (Lipinski definition) is 2. The van der Waals surface area contributed by atoms with Gasteiger partial charge >= 0.3 is 0 Å². The number of nitrogens with one attached hydrogen (secondary N) is 1. The molecule has 2 rings (SSSR count). The predicted octanol–water partition coefficient (Wildman–Crippen LogP) is 3.44. The molecule has 1 aromatic carbocycles. The Kier molecular flexibility index (Phi) is 3.95. The molecule has 0 heterocycles. The highest BCUT2D eigenvalue weighted by Gasteiger charge is 2.20. The normalized spacial score (nSPS) is 15.4. The molecule has 0 aromatic heterocycles. The van der Waals surface area contributed by atoms with Crippen LogP contribution in [0.15, 0.2) is 18.2 Å². The van der Waals surface area contributed by atoms with Crippen LogP contribution in [0.2, 0.25) is 5.02 Å². The Morgan fingerprint density at radius 2 is 2.12 bits per heavy atom. The third-order valence-electron chi connectivity index (χ3n) is 3.38. The Morgan fingerprint density at radius 1 is 1.41 bits per heavy atom. The highest BCUT2D eigenvalue weighted by Crippen LogP contribution is 2.25. The maximum atomic E-state index is 6.32. The van der Waals surface area contributed by atoms with Crippen LogP contribution >= 0.6 is 11.6 Å². The van der Waals surface area contributed by atoms with Gasteiger partial charge in [0.05, 0.1) is 0 Å². The Balaban J connectivity index is 2.04. The van der Waals surface area contributed by atoms with E-state index in [-0.39, 0.29) is 0 Å². The molecule has 1 aliphatic carbocycles. The maximum absolute atomic E-state index is 6.32. The van der Waals surface area contributed by atoms with Gasteiger partial charge < -0.3 is 10.2 Å². The fourth-order valence-electron chi connectivity index (χ4n) is 1.74. The van der Waals surface area contributed by atoms with Crippen LogP contribution in [0.4, 0.5) is 5.69 Å². The summed E-state index contributed by atoms with van der Waals surface area (Å²) in [7, 11) is 2.10. The van der Waals surface area contributed by atoms with E-state index < -0.39 is 0 Å². The van der Waals surface area contributed by atoms with Crippen LogP contribution in [0, 0.1) is 0 Å². The van der Waals surface area contributed by atoms with Gasteiger partial charge in [-0.25, -0.2) is 0 Å². The van der Waals surface area contributed by atoms with Crippen LogP contribution in [0.3, 0.4) is 0 Å². The van der Waals surface area contributed by atoms with Crippen molar-refractivity contribution in [2.24, 2.45) is 0 Å². The standard InChI is InChI=1S/C14H21ClN2/c1-10(2)17(3)13-7-4-11(14(15)8-13)9-16-12-5-6-12/h4,7-8,10,12,16H,5-6,9H2,1-3H3. The first-order chi connectivity index (χ1) is 8.08. The molecule has 1 aromatic rings. The zero-order chi connectivity index (χ0) is 12.4. The van der Waals surface area contributed by atoms with Gasteiger partial charge in [0, 0.05) is 36.4 Å². The molecule has 0 bridgehead atoms. The number of benzene rings is 1. The smallest absolute Gasteiger partial charge is 0.0471 e. The molecule has 2 nitrogen and oxygen atoms in total. The van der Waals surface area contributed by atoms with Crippen molar-refractivity contribution >= 4 is 17.3 Å². The molecule has 0 atom stereocenters. The van der Waals surface area contributed by atoms with Crippen molar-refractivity contribution in [2.75, 3.05) is 11.9 Å². The quantitative estimate of drug-likeness (QED) is 0.864. The van der Waals surface area contributed by atoms with E-state index in [1.165, 1.54) is 24.1 Å². The molecular weight excluding hydrogens is 232 g/mol. The molecule has 0 amide bonds. The zero-order valence-electron chi connectivity index (χ0n) is 10.8. The number of nitrogens with zero attached hydrogens (tertiary/aromatic N) is 1. The van der Waals surface area contributed by atoms with Crippen LogP contribution in [-0.4, -0.2) is 19.1 Å². The molecule has 94 valence electrons. The Labute approximate surface area is 109 Å². The summed E-state index contributed by atoms with van der Waals surface area (Å²) in [4.78, 5) is 2.23. The lowest BCUT2D eigenvalue weighted by Crippen LogP contribution is -2.25. The molecule has 1 saturated carbocycles. The molecule has 1 aliphatic rings.